The predicted molar refractivity (Wildman–Crippen MR) is 76.1 cm³/mol. The van der Waals surface area contributed by atoms with Crippen molar-refractivity contribution in [3.05, 3.63) is 29.8 Å². The highest BCUT2D eigenvalue weighted by atomic mass is 16.3. The van der Waals surface area contributed by atoms with Crippen LogP contribution in [0.25, 0.3) is 0 Å². The zero-order chi connectivity index (χ0) is 13.7. The molecule has 0 radical (unpaired) electrons. The van der Waals surface area contributed by atoms with E-state index in [0.29, 0.717) is 11.7 Å². The summed E-state index contributed by atoms with van der Waals surface area (Å²) >= 11 is 0. The third-order valence-electron chi connectivity index (χ3n) is 3.57. The summed E-state index contributed by atoms with van der Waals surface area (Å²) in [7, 11) is 0. The van der Waals surface area contributed by atoms with E-state index in [2.05, 4.69) is 10.6 Å². The Kier molecular flexibility index (Phi) is 4.80. The lowest BCUT2D eigenvalue weighted by atomic mass is 9.96. The molecule has 0 heterocycles. The lowest BCUT2D eigenvalue weighted by molar-refractivity contribution is 0.199. The fraction of sp³-hybridized carbons (Fsp3) is 0.533. The predicted octanol–water partition coefficient (Wildman–Crippen LogP) is 3.19. The molecule has 2 amide bonds. The third kappa shape index (κ3) is 4.24. The van der Waals surface area contributed by atoms with E-state index in [1.165, 1.54) is 19.3 Å². The van der Waals surface area contributed by atoms with Gasteiger partial charge in [-0.25, -0.2) is 4.79 Å². The minimum Gasteiger partial charge on any atom is -0.389 e. The Morgan fingerprint density at radius 3 is 2.74 bits per heavy atom. The van der Waals surface area contributed by atoms with Crippen LogP contribution in [0.5, 0.6) is 0 Å². The molecule has 0 aliphatic heterocycles. The van der Waals surface area contributed by atoms with Gasteiger partial charge >= 0.3 is 6.03 Å². The number of anilines is 1. The van der Waals surface area contributed by atoms with E-state index in [4.69, 9.17) is 0 Å². The molecule has 1 fully saturated rings. The standard InChI is InChI=1S/C15H22N2O2/c1-11(18)12-6-5-9-14(10-12)17-15(19)16-13-7-3-2-4-8-13/h5-6,9-11,13,18H,2-4,7-8H2,1H3,(H2,16,17,19)/t11-/m0/s1. The minimum absolute atomic E-state index is 0.158. The Bertz CT molecular complexity index is 426. The van der Waals surface area contributed by atoms with Gasteiger partial charge in [-0.05, 0) is 37.5 Å². The molecule has 1 atom stereocenters. The Labute approximate surface area is 114 Å². The van der Waals surface area contributed by atoms with E-state index in [1.54, 1.807) is 13.0 Å². The van der Waals surface area contributed by atoms with Crippen molar-refractivity contribution >= 4 is 11.7 Å². The molecule has 0 spiro atoms. The molecule has 0 bridgehead atoms. The normalized spacial score (nSPS) is 17.8. The highest BCUT2D eigenvalue weighted by molar-refractivity contribution is 5.89. The van der Waals surface area contributed by atoms with Gasteiger partial charge in [0.15, 0.2) is 0 Å². The number of amides is 2. The molecule has 1 aromatic rings. The topological polar surface area (TPSA) is 61.4 Å². The van der Waals surface area contributed by atoms with Crippen LogP contribution < -0.4 is 10.6 Å². The van der Waals surface area contributed by atoms with Gasteiger partial charge in [-0.3, -0.25) is 0 Å². The molecule has 0 unspecified atom stereocenters. The monoisotopic (exact) mass is 262 g/mol. The van der Waals surface area contributed by atoms with E-state index >= 15 is 0 Å². The molecule has 19 heavy (non-hydrogen) atoms. The van der Waals surface area contributed by atoms with Crippen molar-refractivity contribution in [2.45, 2.75) is 51.2 Å². The van der Waals surface area contributed by atoms with Crippen LogP contribution in [-0.2, 0) is 0 Å². The number of rotatable bonds is 3. The van der Waals surface area contributed by atoms with Crippen LogP contribution in [0.15, 0.2) is 24.3 Å². The molecule has 104 valence electrons. The number of hydrogen-bond acceptors (Lipinski definition) is 2. The largest absolute Gasteiger partial charge is 0.389 e. The van der Waals surface area contributed by atoms with Crippen LogP contribution in [0.2, 0.25) is 0 Å². The van der Waals surface area contributed by atoms with Gasteiger partial charge in [-0.15, -0.1) is 0 Å². The molecular weight excluding hydrogens is 240 g/mol. The van der Waals surface area contributed by atoms with E-state index in [-0.39, 0.29) is 6.03 Å². The quantitative estimate of drug-likeness (QED) is 0.783. The van der Waals surface area contributed by atoms with Crippen LogP contribution in [0.1, 0.15) is 50.7 Å². The first-order valence-corrected chi connectivity index (χ1v) is 7.00. The Morgan fingerprint density at radius 2 is 2.05 bits per heavy atom. The highest BCUT2D eigenvalue weighted by Gasteiger charge is 2.15. The maximum atomic E-state index is 11.9. The van der Waals surface area contributed by atoms with Gasteiger partial charge < -0.3 is 15.7 Å². The van der Waals surface area contributed by atoms with Gasteiger partial charge in [0, 0.05) is 11.7 Å². The summed E-state index contributed by atoms with van der Waals surface area (Å²) in [5.74, 6) is 0. The lowest BCUT2D eigenvalue weighted by Gasteiger charge is -2.23. The van der Waals surface area contributed by atoms with Crippen LogP contribution in [0.4, 0.5) is 10.5 Å². The van der Waals surface area contributed by atoms with E-state index in [1.807, 2.05) is 18.2 Å². The van der Waals surface area contributed by atoms with Gasteiger partial charge in [0.1, 0.15) is 0 Å². The molecule has 4 heteroatoms. The first-order valence-electron chi connectivity index (χ1n) is 7.00. The first-order chi connectivity index (χ1) is 9.15. The van der Waals surface area contributed by atoms with Crippen molar-refractivity contribution in [1.82, 2.24) is 5.32 Å². The second-order valence-electron chi connectivity index (χ2n) is 5.23. The summed E-state index contributed by atoms with van der Waals surface area (Å²) in [4.78, 5) is 11.9. The number of aliphatic hydroxyl groups is 1. The number of benzene rings is 1. The fourth-order valence-electron chi connectivity index (χ4n) is 2.48. The zero-order valence-corrected chi connectivity index (χ0v) is 11.4. The molecule has 1 aliphatic carbocycles. The van der Waals surface area contributed by atoms with Crippen LogP contribution in [-0.4, -0.2) is 17.2 Å². The third-order valence-corrected chi connectivity index (χ3v) is 3.57. The molecule has 4 nitrogen and oxygen atoms in total. The van der Waals surface area contributed by atoms with Crippen molar-refractivity contribution in [3.63, 3.8) is 0 Å². The number of carbonyl (C=O) groups excluding carboxylic acids is 1. The molecule has 1 aliphatic rings. The van der Waals surface area contributed by atoms with E-state index in [0.717, 1.165) is 18.4 Å². The number of carbonyl (C=O) groups is 1. The molecule has 0 saturated heterocycles. The van der Waals surface area contributed by atoms with Crippen LogP contribution in [0.3, 0.4) is 0 Å². The fourth-order valence-corrected chi connectivity index (χ4v) is 2.48. The average Bonchev–Trinajstić information content (AvgIpc) is 2.40. The van der Waals surface area contributed by atoms with Crippen molar-refractivity contribution in [3.8, 4) is 0 Å². The summed E-state index contributed by atoms with van der Waals surface area (Å²) in [5, 5.41) is 15.3. The lowest BCUT2D eigenvalue weighted by Crippen LogP contribution is -2.39. The second-order valence-corrected chi connectivity index (χ2v) is 5.23. The Morgan fingerprint density at radius 1 is 1.32 bits per heavy atom. The minimum atomic E-state index is -0.525. The number of urea groups is 1. The molecular formula is C15H22N2O2. The van der Waals surface area contributed by atoms with Gasteiger partial charge in [0.2, 0.25) is 0 Å². The van der Waals surface area contributed by atoms with Gasteiger partial charge in [-0.1, -0.05) is 31.4 Å². The molecule has 3 N–H and O–H groups in total. The second kappa shape index (κ2) is 6.57. The van der Waals surface area contributed by atoms with Crippen molar-refractivity contribution in [2.24, 2.45) is 0 Å². The van der Waals surface area contributed by atoms with Crippen molar-refractivity contribution in [2.75, 3.05) is 5.32 Å². The Balaban J connectivity index is 1.89. The molecule has 1 saturated carbocycles. The average molecular weight is 262 g/mol. The number of hydrogen-bond donors (Lipinski definition) is 3. The van der Waals surface area contributed by atoms with Crippen LogP contribution >= 0.6 is 0 Å². The molecule has 1 aromatic carbocycles. The van der Waals surface area contributed by atoms with Crippen molar-refractivity contribution in [1.29, 1.82) is 0 Å². The SMILES string of the molecule is C[C@H](O)c1cccc(NC(=O)NC2CCCCC2)c1. The molecule has 2 rings (SSSR count). The van der Waals surface area contributed by atoms with Gasteiger partial charge in [0.05, 0.1) is 6.10 Å². The van der Waals surface area contributed by atoms with Crippen LogP contribution in [0, 0.1) is 0 Å². The summed E-state index contributed by atoms with van der Waals surface area (Å²) in [5.41, 5.74) is 1.52. The van der Waals surface area contributed by atoms with E-state index in [9.17, 15) is 9.90 Å². The summed E-state index contributed by atoms with van der Waals surface area (Å²) in [6.07, 6.45) is 5.28. The maximum absolute atomic E-state index is 11.9. The smallest absolute Gasteiger partial charge is 0.319 e. The van der Waals surface area contributed by atoms with Gasteiger partial charge in [0.25, 0.3) is 0 Å². The zero-order valence-electron chi connectivity index (χ0n) is 11.4. The Hall–Kier alpha value is -1.55. The van der Waals surface area contributed by atoms with Crippen molar-refractivity contribution < 1.29 is 9.90 Å². The number of aliphatic hydroxyl groups excluding tert-OH is 1. The first kappa shape index (κ1) is 13.9. The summed E-state index contributed by atoms with van der Waals surface area (Å²) < 4.78 is 0. The summed E-state index contributed by atoms with van der Waals surface area (Å²) in [6, 6.07) is 7.44. The molecule has 0 aromatic heterocycles. The summed E-state index contributed by atoms with van der Waals surface area (Å²) in [6.45, 7) is 1.71. The van der Waals surface area contributed by atoms with Gasteiger partial charge in [-0.2, -0.15) is 0 Å². The number of nitrogens with one attached hydrogen (secondary N) is 2. The van der Waals surface area contributed by atoms with E-state index < -0.39 is 6.10 Å². The maximum Gasteiger partial charge on any atom is 0.319 e. The highest BCUT2D eigenvalue weighted by Crippen LogP contribution is 2.19.